The third-order valence-electron chi connectivity index (χ3n) is 4.74. The van der Waals surface area contributed by atoms with Crippen molar-refractivity contribution >= 4 is 11.9 Å². The van der Waals surface area contributed by atoms with Crippen LogP contribution >= 0.6 is 0 Å². The Morgan fingerprint density at radius 2 is 2.04 bits per heavy atom. The first-order valence-corrected chi connectivity index (χ1v) is 8.98. The predicted molar refractivity (Wildman–Crippen MR) is 101 cm³/mol. The molecule has 0 fully saturated rings. The molecule has 1 aliphatic heterocycles. The first kappa shape index (κ1) is 20.3. The summed E-state index contributed by atoms with van der Waals surface area (Å²) in [6.45, 7) is 5.98. The Morgan fingerprint density at radius 3 is 2.67 bits per heavy atom. The number of rotatable bonds is 6. The lowest BCUT2D eigenvalue weighted by Gasteiger charge is -2.15. The number of carboxylic acid groups (broad SMARTS) is 1. The van der Waals surface area contributed by atoms with Gasteiger partial charge in [-0.05, 0) is 43.4 Å². The van der Waals surface area contributed by atoms with Gasteiger partial charge in [0.05, 0.1) is 11.1 Å². The first-order valence-electron chi connectivity index (χ1n) is 8.98. The van der Waals surface area contributed by atoms with E-state index in [2.05, 4.69) is 17.9 Å². The van der Waals surface area contributed by atoms with E-state index < -0.39 is 11.9 Å². The summed E-state index contributed by atoms with van der Waals surface area (Å²) in [6, 6.07) is 2.19. The maximum atomic E-state index is 12.2. The zero-order chi connectivity index (χ0) is 20.0. The van der Waals surface area contributed by atoms with E-state index in [0.29, 0.717) is 30.4 Å². The summed E-state index contributed by atoms with van der Waals surface area (Å²) >= 11 is 0. The smallest absolute Gasteiger partial charge is 0.340 e. The van der Waals surface area contributed by atoms with Crippen molar-refractivity contribution in [2.75, 3.05) is 0 Å². The Bertz CT molecular complexity index is 907. The molecule has 0 unspecified atom stereocenters. The lowest BCUT2D eigenvalue weighted by molar-refractivity contribution is -0.136. The van der Waals surface area contributed by atoms with Crippen LogP contribution in [0.1, 0.15) is 71.3 Å². The average molecular weight is 365 g/mol. The van der Waals surface area contributed by atoms with E-state index in [9.17, 15) is 14.9 Å². The van der Waals surface area contributed by atoms with Crippen LogP contribution in [0.15, 0.2) is 11.6 Å². The summed E-state index contributed by atoms with van der Waals surface area (Å²) in [6.07, 6.45) is 4.17. The Kier molecular flexibility index (Phi) is 6.79. The number of nitriles is 1. The van der Waals surface area contributed by atoms with E-state index in [4.69, 9.17) is 9.84 Å². The molecule has 1 aromatic carbocycles. The van der Waals surface area contributed by atoms with Gasteiger partial charge in [-0.2, -0.15) is 5.26 Å². The van der Waals surface area contributed by atoms with Crippen molar-refractivity contribution in [3.63, 3.8) is 0 Å². The molecule has 0 aromatic heterocycles. The molecule has 0 bridgehead atoms. The molecule has 0 aliphatic carbocycles. The second-order valence-electron chi connectivity index (χ2n) is 6.53. The molecule has 140 valence electrons. The molecule has 27 heavy (non-hydrogen) atoms. The Hall–Kier alpha value is -3.05. The van der Waals surface area contributed by atoms with Crippen molar-refractivity contribution in [3.05, 3.63) is 45.0 Å². The minimum absolute atomic E-state index is 0.0673. The zero-order valence-corrected chi connectivity index (χ0v) is 15.9. The van der Waals surface area contributed by atoms with Gasteiger partial charge in [-0.3, -0.25) is 4.79 Å². The largest absolute Gasteiger partial charge is 0.481 e. The Labute approximate surface area is 159 Å². The zero-order valence-electron chi connectivity index (χ0n) is 15.9. The lowest BCUT2D eigenvalue weighted by Crippen LogP contribution is -2.09. The number of nitrogens with zero attached hydrogens (tertiary/aromatic N) is 1. The number of ether oxygens (including phenoxy) is 1. The molecule has 5 nitrogen and oxygen atoms in total. The van der Waals surface area contributed by atoms with Crippen LogP contribution in [-0.2, 0) is 29.0 Å². The highest BCUT2D eigenvalue weighted by molar-refractivity contribution is 5.97. The van der Waals surface area contributed by atoms with Crippen LogP contribution in [0.25, 0.3) is 0 Å². The van der Waals surface area contributed by atoms with Crippen LogP contribution in [0.4, 0.5) is 0 Å². The summed E-state index contributed by atoms with van der Waals surface area (Å²) in [5, 5.41) is 18.6. The molecule has 1 heterocycles. The third-order valence-corrected chi connectivity index (χ3v) is 4.74. The number of carbonyl (C=O) groups excluding carboxylic acids is 1. The SMILES string of the molecule is CCC#CCc1c(C)c2c(c(C#N)c1CC=C(C)CCC(=O)O)C(=O)OC2. The van der Waals surface area contributed by atoms with Gasteiger partial charge in [-0.15, -0.1) is 5.92 Å². The second-order valence-corrected chi connectivity index (χ2v) is 6.53. The number of aliphatic carboxylic acids is 1. The summed E-state index contributed by atoms with van der Waals surface area (Å²) in [7, 11) is 0. The maximum Gasteiger partial charge on any atom is 0.340 e. The summed E-state index contributed by atoms with van der Waals surface area (Å²) in [5.74, 6) is 4.89. The molecule has 0 spiro atoms. The standard InChI is InChI=1S/C22H23NO4/c1-4-5-6-7-16-15(3)19-13-27-22(26)21(19)18(12-23)17(16)10-8-14(2)9-11-20(24)25/h8H,4,7,9-11,13H2,1-3H3,(H,24,25). The molecule has 0 amide bonds. The number of hydrogen-bond acceptors (Lipinski definition) is 4. The van der Waals surface area contributed by atoms with Gasteiger partial charge in [-0.25, -0.2) is 4.79 Å². The van der Waals surface area contributed by atoms with Crippen LogP contribution in [0.3, 0.4) is 0 Å². The fourth-order valence-corrected chi connectivity index (χ4v) is 3.21. The minimum Gasteiger partial charge on any atom is -0.481 e. The Balaban J connectivity index is 2.52. The van der Waals surface area contributed by atoms with E-state index in [0.717, 1.165) is 34.2 Å². The molecule has 0 radical (unpaired) electrons. The predicted octanol–water partition coefficient (Wildman–Crippen LogP) is 3.85. The number of carbonyl (C=O) groups is 2. The van der Waals surface area contributed by atoms with Gasteiger partial charge in [-0.1, -0.05) is 24.5 Å². The molecule has 1 aromatic rings. The number of hydrogen-bond donors (Lipinski definition) is 1. The lowest BCUT2D eigenvalue weighted by atomic mass is 9.85. The van der Waals surface area contributed by atoms with Crippen molar-refractivity contribution in [3.8, 4) is 17.9 Å². The second kappa shape index (κ2) is 9.05. The van der Waals surface area contributed by atoms with Crippen molar-refractivity contribution < 1.29 is 19.4 Å². The van der Waals surface area contributed by atoms with Crippen LogP contribution < -0.4 is 0 Å². The minimum atomic E-state index is -0.841. The summed E-state index contributed by atoms with van der Waals surface area (Å²) in [4.78, 5) is 22.9. The van der Waals surface area contributed by atoms with Gasteiger partial charge in [0.15, 0.2) is 0 Å². The third kappa shape index (κ3) is 4.57. The quantitative estimate of drug-likeness (QED) is 0.470. The van der Waals surface area contributed by atoms with E-state index in [1.165, 1.54) is 0 Å². The average Bonchev–Trinajstić information content (AvgIpc) is 3.02. The normalized spacial score (nSPS) is 12.7. The van der Waals surface area contributed by atoms with Gasteiger partial charge in [0.25, 0.3) is 0 Å². The van der Waals surface area contributed by atoms with E-state index in [1.54, 1.807) is 0 Å². The summed E-state index contributed by atoms with van der Waals surface area (Å²) in [5.41, 5.74) is 5.14. The van der Waals surface area contributed by atoms with Gasteiger partial charge in [0, 0.05) is 24.8 Å². The summed E-state index contributed by atoms with van der Waals surface area (Å²) < 4.78 is 5.17. The first-order chi connectivity index (χ1) is 12.9. The monoisotopic (exact) mass is 365 g/mol. The van der Waals surface area contributed by atoms with Crippen LogP contribution in [0.5, 0.6) is 0 Å². The molecule has 0 saturated carbocycles. The molecular formula is C22H23NO4. The van der Waals surface area contributed by atoms with Crippen molar-refractivity contribution in [1.82, 2.24) is 0 Å². The highest BCUT2D eigenvalue weighted by Gasteiger charge is 2.31. The van der Waals surface area contributed by atoms with Crippen molar-refractivity contribution in [1.29, 1.82) is 5.26 Å². The fourth-order valence-electron chi connectivity index (χ4n) is 3.21. The van der Waals surface area contributed by atoms with Gasteiger partial charge < -0.3 is 9.84 Å². The maximum absolute atomic E-state index is 12.2. The number of allylic oxidation sites excluding steroid dienone is 2. The van der Waals surface area contributed by atoms with Crippen LogP contribution in [-0.4, -0.2) is 17.0 Å². The van der Waals surface area contributed by atoms with Crippen molar-refractivity contribution in [2.24, 2.45) is 0 Å². The molecule has 0 saturated heterocycles. The highest BCUT2D eigenvalue weighted by Crippen LogP contribution is 2.33. The number of benzene rings is 1. The molecule has 2 rings (SSSR count). The van der Waals surface area contributed by atoms with Crippen LogP contribution in [0, 0.1) is 30.1 Å². The van der Waals surface area contributed by atoms with Gasteiger partial charge >= 0.3 is 11.9 Å². The molecule has 5 heteroatoms. The number of esters is 1. The number of cyclic esters (lactones) is 1. The fraction of sp³-hybridized carbons (Fsp3) is 0.409. The van der Waals surface area contributed by atoms with E-state index >= 15 is 0 Å². The van der Waals surface area contributed by atoms with E-state index in [-0.39, 0.29) is 13.0 Å². The van der Waals surface area contributed by atoms with Crippen LogP contribution in [0.2, 0.25) is 0 Å². The van der Waals surface area contributed by atoms with Gasteiger partial charge in [0.1, 0.15) is 12.7 Å². The highest BCUT2D eigenvalue weighted by atomic mass is 16.5. The number of carboxylic acids is 1. The molecule has 1 N–H and O–H groups in total. The van der Waals surface area contributed by atoms with Gasteiger partial charge in [0.2, 0.25) is 0 Å². The molecule has 0 atom stereocenters. The molecule has 1 aliphatic rings. The van der Waals surface area contributed by atoms with E-state index in [1.807, 2.05) is 26.8 Å². The number of fused-ring (bicyclic) bond motifs is 1. The topological polar surface area (TPSA) is 87.4 Å². The molecular weight excluding hydrogens is 342 g/mol. The van der Waals surface area contributed by atoms with Crippen molar-refractivity contribution in [2.45, 2.75) is 59.5 Å². The Morgan fingerprint density at radius 1 is 1.30 bits per heavy atom.